The normalized spacial score (nSPS) is 15.8. The molecule has 4 nitrogen and oxygen atoms in total. The Labute approximate surface area is 187 Å². The Morgan fingerprint density at radius 3 is 2.56 bits per heavy atom. The molecule has 1 aliphatic rings. The Balaban J connectivity index is 1.77. The van der Waals surface area contributed by atoms with Gasteiger partial charge in [-0.05, 0) is 49.1 Å². The molecule has 0 spiro atoms. The van der Waals surface area contributed by atoms with Crippen LogP contribution in [0, 0.1) is 13.8 Å². The molecular formula is C26H27F2N3O. The lowest BCUT2D eigenvalue weighted by Crippen LogP contribution is -2.30. The second-order valence-electron chi connectivity index (χ2n) is 8.38. The highest BCUT2D eigenvalue weighted by atomic mass is 19.3. The summed E-state index contributed by atoms with van der Waals surface area (Å²) in [7, 11) is 0. The number of aromatic nitrogens is 1. The van der Waals surface area contributed by atoms with Gasteiger partial charge in [0.2, 0.25) is 5.92 Å². The van der Waals surface area contributed by atoms with E-state index < -0.39 is 5.92 Å². The number of nitrogens with one attached hydrogen (secondary N) is 1. The van der Waals surface area contributed by atoms with Gasteiger partial charge >= 0.3 is 0 Å². The van der Waals surface area contributed by atoms with Crippen LogP contribution in [0.25, 0.3) is 11.1 Å². The number of hydrogen-bond acceptors (Lipinski definition) is 3. The number of amides is 1. The standard InChI is InChI=1S/C26H27F2N3O/c1-18-8-6-11-21(16-18)30-25(32)23-19(2)22(20-9-4-3-5-10-20)17-29-24(23)31-14-7-12-26(27,28)13-15-31/h3-6,8-11,16-17H,7,12-15H2,1-2H3,(H,30,32). The van der Waals surface area contributed by atoms with E-state index in [1.165, 1.54) is 0 Å². The predicted molar refractivity (Wildman–Crippen MR) is 125 cm³/mol. The number of nitrogens with zero attached hydrogens (tertiary/aromatic N) is 2. The molecule has 6 heteroatoms. The molecule has 166 valence electrons. The molecule has 0 saturated carbocycles. The summed E-state index contributed by atoms with van der Waals surface area (Å²) in [5.74, 6) is -2.51. The Kier molecular flexibility index (Phi) is 6.21. The zero-order chi connectivity index (χ0) is 22.7. The second kappa shape index (κ2) is 9.07. The average Bonchev–Trinajstić information content (AvgIpc) is 2.94. The molecule has 1 N–H and O–H groups in total. The lowest BCUT2D eigenvalue weighted by Gasteiger charge is -2.26. The van der Waals surface area contributed by atoms with Gasteiger partial charge in [0.1, 0.15) is 5.82 Å². The first kappa shape index (κ1) is 21.9. The van der Waals surface area contributed by atoms with Crippen LogP contribution in [-0.2, 0) is 0 Å². The molecule has 0 atom stereocenters. The molecule has 3 aromatic rings. The van der Waals surface area contributed by atoms with Crippen molar-refractivity contribution in [1.82, 2.24) is 4.98 Å². The fraction of sp³-hybridized carbons (Fsp3) is 0.308. The molecule has 1 saturated heterocycles. The van der Waals surface area contributed by atoms with Gasteiger partial charge in [-0.1, -0.05) is 42.5 Å². The van der Waals surface area contributed by atoms with Crippen LogP contribution in [0.5, 0.6) is 0 Å². The van der Waals surface area contributed by atoms with E-state index in [9.17, 15) is 13.6 Å². The molecule has 32 heavy (non-hydrogen) atoms. The molecule has 1 aliphatic heterocycles. The fourth-order valence-electron chi connectivity index (χ4n) is 4.20. The van der Waals surface area contributed by atoms with Gasteiger partial charge in [-0.2, -0.15) is 0 Å². The van der Waals surface area contributed by atoms with E-state index in [1.54, 1.807) is 6.20 Å². The van der Waals surface area contributed by atoms with E-state index in [0.717, 1.165) is 22.3 Å². The average molecular weight is 436 g/mol. The Morgan fingerprint density at radius 2 is 1.81 bits per heavy atom. The van der Waals surface area contributed by atoms with E-state index in [-0.39, 0.29) is 25.3 Å². The molecule has 1 fully saturated rings. The summed E-state index contributed by atoms with van der Waals surface area (Å²) >= 11 is 0. The number of rotatable bonds is 4. The van der Waals surface area contributed by atoms with Crippen LogP contribution in [0.1, 0.15) is 40.7 Å². The topological polar surface area (TPSA) is 45.2 Å². The zero-order valence-electron chi connectivity index (χ0n) is 18.4. The summed E-state index contributed by atoms with van der Waals surface area (Å²) in [5, 5.41) is 2.98. The number of alkyl halides is 2. The monoisotopic (exact) mass is 435 g/mol. The molecule has 1 aromatic heterocycles. The van der Waals surface area contributed by atoms with E-state index in [2.05, 4.69) is 10.3 Å². The van der Waals surface area contributed by atoms with Gasteiger partial charge in [-0.15, -0.1) is 0 Å². The maximum atomic E-state index is 14.0. The first-order valence-corrected chi connectivity index (χ1v) is 10.9. The molecule has 0 bridgehead atoms. The zero-order valence-corrected chi connectivity index (χ0v) is 18.4. The minimum absolute atomic E-state index is 0.143. The Bertz CT molecular complexity index is 1120. The summed E-state index contributed by atoms with van der Waals surface area (Å²) in [6.45, 7) is 4.46. The lowest BCUT2D eigenvalue weighted by molar-refractivity contribution is -0.0102. The third-order valence-corrected chi connectivity index (χ3v) is 5.92. The number of carbonyl (C=O) groups is 1. The Morgan fingerprint density at radius 1 is 1.03 bits per heavy atom. The minimum atomic E-state index is -2.68. The van der Waals surface area contributed by atoms with Crippen LogP contribution < -0.4 is 10.2 Å². The van der Waals surface area contributed by atoms with Crippen molar-refractivity contribution in [2.45, 2.75) is 39.0 Å². The first-order valence-electron chi connectivity index (χ1n) is 10.9. The molecule has 4 rings (SSSR count). The number of halogens is 2. The molecule has 0 radical (unpaired) electrons. The lowest BCUT2D eigenvalue weighted by atomic mass is 9.97. The van der Waals surface area contributed by atoms with Crippen LogP contribution in [-0.4, -0.2) is 29.9 Å². The second-order valence-corrected chi connectivity index (χ2v) is 8.38. The van der Waals surface area contributed by atoms with Crippen molar-refractivity contribution in [3.05, 3.63) is 77.5 Å². The first-order chi connectivity index (χ1) is 15.3. The van der Waals surface area contributed by atoms with Crippen LogP contribution in [0.15, 0.2) is 60.8 Å². The van der Waals surface area contributed by atoms with Gasteiger partial charge in [0.05, 0.1) is 5.56 Å². The van der Waals surface area contributed by atoms with Crippen molar-refractivity contribution in [1.29, 1.82) is 0 Å². The number of carbonyl (C=O) groups excluding carboxylic acids is 1. The van der Waals surface area contributed by atoms with Crippen molar-refractivity contribution in [2.75, 3.05) is 23.3 Å². The third-order valence-electron chi connectivity index (χ3n) is 5.92. The highest BCUT2D eigenvalue weighted by molar-refractivity contribution is 6.09. The molecule has 2 heterocycles. The highest BCUT2D eigenvalue weighted by Gasteiger charge is 2.33. The quantitative estimate of drug-likeness (QED) is 0.527. The molecule has 0 unspecified atom stereocenters. The molecule has 2 aromatic carbocycles. The van der Waals surface area contributed by atoms with E-state index >= 15 is 0 Å². The molecular weight excluding hydrogens is 408 g/mol. The smallest absolute Gasteiger partial charge is 0.259 e. The molecule has 1 amide bonds. The predicted octanol–water partition coefficient (Wildman–Crippen LogP) is 6.24. The Hall–Kier alpha value is -3.28. The van der Waals surface area contributed by atoms with Crippen molar-refractivity contribution in [3.63, 3.8) is 0 Å². The van der Waals surface area contributed by atoms with Gasteiger partial charge in [-0.3, -0.25) is 4.79 Å². The maximum absolute atomic E-state index is 14.0. The van der Waals surface area contributed by atoms with Crippen LogP contribution >= 0.6 is 0 Å². The number of pyridine rings is 1. The summed E-state index contributed by atoms with van der Waals surface area (Å²) in [5.41, 5.74) is 4.74. The van der Waals surface area contributed by atoms with Gasteiger partial charge < -0.3 is 10.2 Å². The summed E-state index contributed by atoms with van der Waals surface area (Å²) < 4.78 is 28.0. The van der Waals surface area contributed by atoms with Crippen LogP contribution in [0.3, 0.4) is 0 Å². The van der Waals surface area contributed by atoms with Crippen molar-refractivity contribution < 1.29 is 13.6 Å². The maximum Gasteiger partial charge on any atom is 0.259 e. The molecule has 0 aliphatic carbocycles. The van der Waals surface area contributed by atoms with E-state index in [1.807, 2.05) is 73.3 Å². The van der Waals surface area contributed by atoms with Gasteiger partial charge in [0.15, 0.2) is 0 Å². The number of benzene rings is 2. The fourth-order valence-corrected chi connectivity index (χ4v) is 4.20. The number of anilines is 2. The van der Waals surface area contributed by atoms with E-state index in [0.29, 0.717) is 30.0 Å². The van der Waals surface area contributed by atoms with Gasteiger partial charge in [-0.25, -0.2) is 13.8 Å². The van der Waals surface area contributed by atoms with Gasteiger partial charge in [0, 0.05) is 43.4 Å². The summed E-state index contributed by atoms with van der Waals surface area (Å²) in [4.78, 5) is 19.9. The number of hydrogen-bond donors (Lipinski definition) is 1. The van der Waals surface area contributed by atoms with Crippen molar-refractivity contribution in [2.24, 2.45) is 0 Å². The SMILES string of the molecule is Cc1cccc(NC(=O)c2c(N3CCCC(F)(F)CC3)ncc(-c3ccccc3)c2C)c1. The van der Waals surface area contributed by atoms with Crippen LogP contribution in [0.2, 0.25) is 0 Å². The summed E-state index contributed by atoms with van der Waals surface area (Å²) in [6.07, 6.45) is 1.71. The summed E-state index contributed by atoms with van der Waals surface area (Å²) in [6, 6.07) is 17.3. The minimum Gasteiger partial charge on any atom is -0.356 e. The highest BCUT2D eigenvalue weighted by Crippen LogP contribution is 2.34. The van der Waals surface area contributed by atoms with E-state index in [4.69, 9.17) is 0 Å². The van der Waals surface area contributed by atoms with Gasteiger partial charge in [0.25, 0.3) is 5.91 Å². The van der Waals surface area contributed by atoms with Crippen molar-refractivity contribution in [3.8, 4) is 11.1 Å². The van der Waals surface area contributed by atoms with Crippen LogP contribution in [0.4, 0.5) is 20.3 Å². The number of aryl methyl sites for hydroxylation is 1. The largest absolute Gasteiger partial charge is 0.356 e. The van der Waals surface area contributed by atoms with Crippen molar-refractivity contribution >= 4 is 17.4 Å². The third kappa shape index (κ3) is 4.79.